The molecule has 0 aliphatic heterocycles. The number of hydrogen-bond donors (Lipinski definition) is 2. The van der Waals surface area contributed by atoms with Crippen molar-refractivity contribution in [3.63, 3.8) is 0 Å². The smallest absolute Gasteiger partial charge is 0.226 e. The molecular weight excluding hydrogens is 264 g/mol. The normalized spacial score (nSPS) is 27.3. The zero-order chi connectivity index (χ0) is 14.2. The predicted molar refractivity (Wildman–Crippen MR) is 79.7 cm³/mol. The lowest BCUT2D eigenvalue weighted by Crippen LogP contribution is -2.33. The second-order valence-electron chi connectivity index (χ2n) is 6.35. The molecule has 0 saturated heterocycles. The van der Waals surface area contributed by atoms with Crippen molar-refractivity contribution in [1.82, 2.24) is 10.3 Å². The molecule has 2 aliphatic rings. The molecule has 2 fully saturated rings. The molecule has 1 unspecified atom stereocenters. The highest BCUT2D eigenvalue weighted by molar-refractivity contribution is 5.54. The first-order chi connectivity index (χ1) is 10.3. The molecule has 3 atom stereocenters. The molecule has 2 aromatic rings. The number of aromatic nitrogens is 1. The van der Waals surface area contributed by atoms with Crippen LogP contribution >= 0.6 is 0 Å². The van der Waals surface area contributed by atoms with Crippen molar-refractivity contribution in [1.29, 1.82) is 0 Å². The molecule has 4 rings (SSSR count). The molecule has 2 saturated carbocycles. The van der Waals surface area contributed by atoms with Gasteiger partial charge in [0, 0.05) is 18.2 Å². The first kappa shape index (κ1) is 12.9. The van der Waals surface area contributed by atoms with E-state index in [4.69, 9.17) is 4.42 Å². The molecule has 0 amide bonds. The Morgan fingerprint density at radius 1 is 1.19 bits per heavy atom. The molecule has 1 aromatic carbocycles. The quantitative estimate of drug-likeness (QED) is 0.904. The summed E-state index contributed by atoms with van der Waals surface area (Å²) in [6.45, 7) is 0.773. The molecule has 2 bridgehead atoms. The van der Waals surface area contributed by atoms with Crippen LogP contribution in [0.5, 0.6) is 5.75 Å². The second-order valence-corrected chi connectivity index (χ2v) is 6.35. The maximum absolute atomic E-state index is 9.30. The Kier molecular flexibility index (Phi) is 3.19. The highest BCUT2D eigenvalue weighted by Crippen LogP contribution is 2.44. The van der Waals surface area contributed by atoms with Crippen molar-refractivity contribution in [2.45, 2.75) is 38.3 Å². The topological polar surface area (TPSA) is 58.3 Å². The Labute approximate surface area is 124 Å². The maximum Gasteiger partial charge on any atom is 0.226 e. The zero-order valence-electron chi connectivity index (χ0n) is 12.0. The van der Waals surface area contributed by atoms with Crippen molar-refractivity contribution >= 4 is 0 Å². The van der Waals surface area contributed by atoms with Crippen LogP contribution in [0.2, 0.25) is 0 Å². The maximum atomic E-state index is 9.30. The summed E-state index contributed by atoms with van der Waals surface area (Å²) in [5, 5.41) is 12.9. The third-order valence-corrected chi connectivity index (χ3v) is 4.95. The Bertz CT molecular complexity index is 620. The molecule has 4 heteroatoms. The van der Waals surface area contributed by atoms with Crippen LogP contribution in [0.15, 0.2) is 34.9 Å². The van der Waals surface area contributed by atoms with E-state index in [2.05, 4.69) is 10.3 Å². The Hall–Kier alpha value is -1.81. The minimum absolute atomic E-state index is 0.253. The number of oxazole rings is 1. The van der Waals surface area contributed by atoms with Crippen molar-refractivity contribution in [2.24, 2.45) is 11.8 Å². The number of nitrogens with zero attached hydrogens (tertiary/aromatic N) is 1. The van der Waals surface area contributed by atoms with Gasteiger partial charge in [0.2, 0.25) is 5.89 Å². The van der Waals surface area contributed by atoms with Gasteiger partial charge in [-0.3, -0.25) is 0 Å². The van der Waals surface area contributed by atoms with Crippen molar-refractivity contribution < 1.29 is 9.52 Å². The van der Waals surface area contributed by atoms with Crippen LogP contribution in [0, 0.1) is 11.8 Å². The van der Waals surface area contributed by atoms with Crippen molar-refractivity contribution in [3.05, 3.63) is 36.2 Å². The summed E-state index contributed by atoms with van der Waals surface area (Å²) in [6, 6.07) is 7.58. The van der Waals surface area contributed by atoms with Gasteiger partial charge in [-0.1, -0.05) is 6.42 Å². The third-order valence-electron chi connectivity index (χ3n) is 4.95. The minimum atomic E-state index is 0.253. The van der Waals surface area contributed by atoms with Crippen LogP contribution < -0.4 is 5.32 Å². The van der Waals surface area contributed by atoms with Crippen LogP contribution in [-0.2, 0) is 6.54 Å². The summed E-state index contributed by atoms with van der Waals surface area (Å²) in [5.74, 6) is 2.69. The van der Waals surface area contributed by atoms with Crippen molar-refractivity contribution in [3.8, 4) is 17.2 Å². The van der Waals surface area contributed by atoms with Crippen molar-refractivity contribution in [2.75, 3.05) is 0 Å². The second kappa shape index (κ2) is 5.19. The van der Waals surface area contributed by atoms with E-state index < -0.39 is 0 Å². The molecule has 110 valence electrons. The standard InChI is InChI=1S/C17H20N2O2/c20-15-5-3-12(4-6-15)17-19-14(10-21-17)9-18-16-8-11-1-2-13(16)7-11/h3-6,10-11,13,16,18,20H,1-2,7-9H2/t11-,13+,16?/m0/s1. The molecule has 0 radical (unpaired) electrons. The molecule has 4 nitrogen and oxygen atoms in total. The summed E-state index contributed by atoms with van der Waals surface area (Å²) in [6.07, 6.45) is 7.28. The fourth-order valence-corrected chi connectivity index (χ4v) is 3.86. The SMILES string of the molecule is Oc1ccc(-c2nc(CNC3C[C@H]4CC[C@@H]3C4)co2)cc1. The van der Waals surface area contributed by atoms with E-state index in [-0.39, 0.29) is 5.75 Å². The monoisotopic (exact) mass is 284 g/mol. The molecule has 21 heavy (non-hydrogen) atoms. The molecular formula is C17H20N2O2. The number of benzene rings is 1. The van der Waals surface area contributed by atoms with E-state index in [0.29, 0.717) is 11.9 Å². The van der Waals surface area contributed by atoms with E-state index in [9.17, 15) is 5.11 Å². The first-order valence-electron chi connectivity index (χ1n) is 7.75. The Morgan fingerprint density at radius 3 is 2.76 bits per heavy atom. The molecule has 2 N–H and O–H groups in total. The largest absolute Gasteiger partial charge is 0.508 e. The van der Waals surface area contributed by atoms with E-state index in [0.717, 1.165) is 29.6 Å². The number of aromatic hydroxyl groups is 1. The lowest BCUT2D eigenvalue weighted by Gasteiger charge is -2.22. The lowest BCUT2D eigenvalue weighted by atomic mass is 9.95. The van der Waals surface area contributed by atoms with Crippen LogP contribution in [0.1, 0.15) is 31.4 Å². The molecule has 1 heterocycles. The Morgan fingerprint density at radius 2 is 2.05 bits per heavy atom. The zero-order valence-corrected chi connectivity index (χ0v) is 12.0. The number of rotatable bonds is 4. The number of nitrogens with one attached hydrogen (secondary N) is 1. The van der Waals surface area contributed by atoms with E-state index >= 15 is 0 Å². The van der Waals surface area contributed by atoms with Gasteiger partial charge in [-0.25, -0.2) is 4.98 Å². The third kappa shape index (κ3) is 2.56. The fraction of sp³-hybridized carbons (Fsp3) is 0.471. The summed E-state index contributed by atoms with van der Waals surface area (Å²) < 4.78 is 5.53. The summed E-state index contributed by atoms with van der Waals surface area (Å²) in [7, 11) is 0. The van der Waals surface area contributed by atoms with Gasteiger partial charge in [-0.2, -0.15) is 0 Å². The number of phenols is 1. The van der Waals surface area contributed by atoms with Gasteiger partial charge >= 0.3 is 0 Å². The van der Waals surface area contributed by atoms with Gasteiger partial charge in [0.25, 0.3) is 0 Å². The Balaban J connectivity index is 1.39. The molecule has 0 spiro atoms. The highest BCUT2D eigenvalue weighted by Gasteiger charge is 2.39. The molecule has 2 aliphatic carbocycles. The van der Waals surface area contributed by atoms with Crippen LogP contribution in [0.25, 0.3) is 11.5 Å². The van der Waals surface area contributed by atoms with Gasteiger partial charge in [0.05, 0.1) is 5.69 Å². The van der Waals surface area contributed by atoms with Crippen LogP contribution in [0.3, 0.4) is 0 Å². The summed E-state index contributed by atoms with van der Waals surface area (Å²) in [5.41, 5.74) is 1.83. The van der Waals surface area contributed by atoms with E-state index in [1.165, 1.54) is 25.7 Å². The number of phenolic OH excluding ortho intramolecular Hbond substituents is 1. The highest BCUT2D eigenvalue weighted by atomic mass is 16.3. The number of hydrogen-bond acceptors (Lipinski definition) is 4. The molecule has 1 aromatic heterocycles. The van der Waals surface area contributed by atoms with E-state index in [1.807, 2.05) is 12.1 Å². The lowest BCUT2D eigenvalue weighted by molar-refractivity contribution is 0.349. The van der Waals surface area contributed by atoms with Gasteiger partial charge in [0.1, 0.15) is 12.0 Å². The fourth-order valence-electron chi connectivity index (χ4n) is 3.86. The summed E-state index contributed by atoms with van der Waals surface area (Å²) >= 11 is 0. The first-order valence-corrected chi connectivity index (χ1v) is 7.75. The average molecular weight is 284 g/mol. The van der Waals surface area contributed by atoms with Gasteiger partial charge in [-0.05, 0) is 55.4 Å². The van der Waals surface area contributed by atoms with Gasteiger partial charge in [-0.15, -0.1) is 0 Å². The summed E-state index contributed by atoms with van der Waals surface area (Å²) in [4.78, 5) is 4.52. The minimum Gasteiger partial charge on any atom is -0.508 e. The van der Waals surface area contributed by atoms with Crippen LogP contribution in [0.4, 0.5) is 0 Å². The van der Waals surface area contributed by atoms with E-state index in [1.54, 1.807) is 18.4 Å². The van der Waals surface area contributed by atoms with Crippen LogP contribution in [-0.4, -0.2) is 16.1 Å². The predicted octanol–water partition coefficient (Wildman–Crippen LogP) is 3.33. The van der Waals surface area contributed by atoms with Gasteiger partial charge in [0.15, 0.2) is 0 Å². The van der Waals surface area contributed by atoms with Gasteiger partial charge < -0.3 is 14.8 Å². The number of fused-ring (bicyclic) bond motifs is 2. The average Bonchev–Trinajstić information content (AvgIpc) is 3.22.